The Bertz CT molecular complexity index is 601. The molecule has 5 nitrogen and oxygen atoms in total. The van der Waals surface area contributed by atoms with Gasteiger partial charge in [-0.1, -0.05) is 18.2 Å². The molecule has 2 heterocycles. The van der Waals surface area contributed by atoms with E-state index in [1.54, 1.807) is 6.20 Å². The first-order valence-electron chi connectivity index (χ1n) is 7.14. The lowest BCUT2D eigenvalue weighted by Gasteiger charge is -2.11. The Hall–Kier alpha value is -1.82. The number of rotatable bonds is 4. The number of hydrogen-bond acceptors (Lipinski definition) is 4. The molecule has 23 heavy (non-hydrogen) atoms. The number of halogens is 2. The van der Waals surface area contributed by atoms with Crippen LogP contribution in [0.1, 0.15) is 12.8 Å². The molecule has 0 bridgehead atoms. The van der Waals surface area contributed by atoms with Gasteiger partial charge in [-0.2, -0.15) is 0 Å². The summed E-state index contributed by atoms with van der Waals surface area (Å²) in [4.78, 5) is 16.3. The van der Waals surface area contributed by atoms with Crippen molar-refractivity contribution in [3.05, 3.63) is 48.7 Å². The van der Waals surface area contributed by atoms with Crippen molar-refractivity contribution >= 4 is 47.9 Å². The first-order chi connectivity index (χ1) is 10.3. The first-order valence-corrected chi connectivity index (χ1v) is 7.14. The minimum Gasteiger partial charge on any atom is -0.340 e. The van der Waals surface area contributed by atoms with E-state index in [1.165, 1.54) is 0 Å². The highest BCUT2D eigenvalue weighted by atomic mass is 35.5. The van der Waals surface area contributed by atoms with Crippen molar-refractivity contribution in [1.82, 2.24) is 10.3 Å². The van der Waals surface area contributed by atoms with Gasteiger partial charge in [0.25, 0.3) is 0 Å². The van der Waals surface area contributed by atoms with Crippen molar-refractivity contribution < 1.29 is 4.79 Å². The van der Waals surface area contributed by atoms with Crippen LogP contribution in [-0.4, -0.2) is 23.5 Å². The maximum absolute atomic E-state index is 12.0. The fraction of sp³-hybridized carbons (Fsp3) is 0.250. The zero-order valence-corrected chi connectivity index (χ0v) is 14.1. The molecule has 0 aliphatic carbocycles. The Kier molecular flexibility index (Phi) is 7.81. The van der Waals surface area contributed by atoms with Crippen LogP contribution in [0.15, 0.2) is 48.7 Å². The number of anilines is 3. The van der Waals surface area contributed by atoms with Gasteiger partial charge in [-0.05, 0) is 43.7 Å². The zero-order chi connectivity index (χ0) is 14.5. The summed E-state index contributed by atoms with van der Waals surface area (Å²) in [6.45, 7) is 0.913. The minimum absolute atomic E-state index is 0. The number of benzene rings is 1. The molecule has 1 unspecified atom stereocenters. The molecule has 1 aliphatic rings. The highest BCUT2D eigenvalue weighted by molar-refractivity contribution is 5.94. The summed E-state index contributed by atoms with van der Waals surface area (Å²) in [7, 11) is 0. The van der Waals surface area contributed by atoms with E-state index in [4.69, 9.17) is 0 Å². The lowest BCUT2D eigenvalue weighted by molar-refractivity contribution is -0.117. The Morgan fingerprint density at radius 1 is 1.09 bits per heavy atom. The average Bonchev–Trinajstić information content (AvgIpc) is 3.05. The van der Waals surface area contributed by atoms with Crippen LogP contribution in [0.5, 0.6) is 0 Å². The molecule has 2 aromatic rings. The molecule has 3 rings (SSSR count). The summed E-state index contributed by atoms with van der Waals surface area (Å²) in [5.41, 5.74) is 1.70. The van der Waals surface area contributed by atoms with E-state index >= 15 is 0 Å². The number of carbonyl (C=O) groups is 1. The number of pyridine rings is 1. The topological polar surface area (TPSA) is 66.0 Å². The van der Waals surface area contributed by atoms with Crippen LogP contribution in [0.4, 0.5) is 17.2 Å². The lowest BCUT2D eigenvalue weighted by atomic mass is 10.2. The largest absolute Gasteiger partial charge is 0.340 e. The Labute approximate surface area is 148 Å². The summed E-state index contributed by atoms with van der Waals surface area (Å²) >= 11 is 0. The van der Waals surface area contributed by atoms with Gasteiger partial charge in [0.1, 0.15) is 5.82 Å². The van der Waals surface area contributed by atoms with Crippen LogP contribution in [0.25, 0.3) is 0 Å². The fourth-order valence-corrected chi connectivity index (χ4v) is 2.35. The first kappa shape index (κ1) is 19.2. The summed E-state index contributed by atoms with van der Waals surface area (Å²) < 4.78 is 0. The summed E-state index contributed by atoms with van der Waals surface area (Å²) in [6, 6.07) is 13.5. The van der Waals surface area contributed by atoms with Gasteiger partial charge in [0.05, 0.1) is 17.9 Å². The van der Waals surface area contributed by atoms with Crippen molar-refractivity contribution in [2.75, 3.05) is 17.2 Å². The molecular weight excluding hydrogens is 335 g/mol. The number of nitrogens with zero attached hydrogens (tertiary/aromatic N) is 1. The predicted octanol–water partition coefficient (Wildman–Crippen LogP) is 3.36. The molecule has 1 aromatic heterocycles. The SMILES string of the molecule is Cl.Cl.O=C(Nc1ccc(Nc2ccccc2)nc1)C1CCCN1. The predicted molar refractivity (Wildman–Crippen MR) is 98.1 cm³/mol. The molecule has 7 heteroatoms. The van der Waals surface area contributed by atoms with Crippen molar-refractivity contribution in [1.29, 1.82) is 0 Å². The van der Waals surface area contributed by atoms with Crippen molar-refractivity contribution in [3.8, 4) is 0 Å². The molecular formula is C16H20Cl2N4O. The Morgan fingerprint density at radius 3 is 2.48 bits per heavy atom. The molecule has 1 aromatic carbocycles. The Balaban J connectivity index is 0.00000132. The van der Waals surface area contributed by atoms with E-state index in [0.717, 1.165) is 30.9 Å². The van der Waals surface area contributed by atoms with Gasteiger partial charge >= 0.3 is 0 Å². The third-order valence-corrected chi connectivity index (χ3v) is 3.45. The van der Waals surface area contributed by atoms with Crippen molar-refractivity contribution in [2.24, 2.45) is 0 Å². The number of nitrogens with one attached hydrogen (secondary N) is 3. The fourth-order valence-electron chi connectivity index (χ4n) is 2.35. The zero-order valence-electron chi connectivity index (χ0n) is 12.5. The lowest BCUT2D eigenvalue weighted by Crippen LogP contribution is -2.35. The smallest absolute Gasteiger partial charge is 0.241 e. The normalized spacial score (nSPS) is 15.9. The van der Waals surface area contributed by atoms with Crippen LogP contribution in [0, 0.1) is 0 Å². The summed E-state index contributed by atoms with van der Waals surface area (Å²) in [5, 5.41) is 9.26. The second-order valence-electron chi connectivity index (χ2n) is 5.06. The number of hydrogen-bond donors (Lipinski definition) is 3. The van der Waals surface area contributed by atoms with E-state index in [2.05, 4.69) is 20.9 Å². The van der Waals surface area contributed by atoms with Crippen LogP contribution in [0.2, 0.25) is 0 Å². The number of carbonyl (C=O) groups excluding carboxylic acids is 1. The van der Waals surface area contributed by atoms with Gasteiger partial charge in [-0.15, -0.1) is 24.8 Å². The number of para-hydroxylation sites is 1. The van der Waals surface area contributed by atoms with Crippen LogP contribution < -0.4 is 16.0 Å². The number of aromatic nitrogens is 1. The molecule has 1 atom stereocenters. The van der Waals surface area contributed by atoms with Gasteiger partial charge in [0, 0.05) is 5.69 Å². The van der Waals surface area contributed by atoms with Crippen molar-refractivity contribution in [2.45, 2.75) is 18.9 Å². The van der Waals surface area contributed by atoms with Crippen molar-refractivity contribution in [3.63, 3.8) is 0 Å². The quantitative estimate of drug-likeness (QED) is 0.787. The third kappa shape index (κ3) is 5.39. The van der Waals surface area contributed by atoms with E-state index in [1.807, 2.05) is 42.5 Å². The molecule has 0 saturated carbocycles. The van der Waals surface area contributed by atoms with Gasteiger partial charge in [0.15, 0.2) is 0 Å². The molecule has 1 aliphatic heterocycles. The van der Waals surface area contributed by atoms with Gasteiger partial charge in [-0.25, -0.2) is 4.98 Å². The van der Waals surface area contributed by atoms with E-state index in [-0.39, 0.29) is 36.8 Å². The van der Waals surface area contributed by atoms with Gasteiger partial charge < -0.3 is 16.0 Å². The third-order valence-electron chi connectivity index (χ3n) is 3.45. The van der Waals surface area contributed by atoms with E-state index in [0.29, 0.717) is 5.69 Å². The molecule has 1 amide bonds. The second-order valence-corrected chi connectivity index (χ2v) is 5.06. The molecule has 0 spiro atoms. The summed E-state index contributed by atoms with van der Waals surface area (Å²) in [5.74, 6) is 0.760. The minimum atomic E-state index is -0.0767. The Morgan fingerprint density at radius 2 is 1.87 bits per heavy atom. The van der Waals surface area contributed by atoms with Crippen LogP contribution >= 0.6 is 24.8 Å². The average molecular weight is 355 g/mol. The second kappa shape index (κ2) is 9.35. The van der Waals surface area contributed by atoms with Crippen LogP contribution in [-0.2, 0) is 4.79 Å². The number of amides is 1. The molecule has 124 valence electrons. The standard InChI is InChI=1S/C16H18N4O.2ClH/c21-16(14-7-4-10-17-14)20-13-8-9-15(18-11-13)19-12-5-2-1-3-6-12;;/h1-3,5-6,8-9,11,14,17H,4,7,10H2,(H,18,19)(H,20,21);2*1H. The van der Waals surface area contributed by atoms with Gasteiger partial charge in [-0.3, -0.25) is 4.79 Å². The van der Waals surface area contributed by atoms with Gasteiger partial charge in [0.2, 0.25) is 5.91 Å². The molecule has 0 radical (unpaired) electrons. The highest BCUT2D eigenvalue weighted by Crippen LogP contribution is 2.16. The molecule has 1 fully saturated rings. The highest BCUT2D eigenvalue weighted by Gasteiger charge is 2.21. The monoisotopic (exact) mass is 354 g/mol. The summed E-state index contributed by atoms with van der Waals surface area (Å²) in [6.07, 6.45) is 3.61. The van der Waals surface area contributed by atoms with E-state index < -0.39 is 0 Å². The maximum atomic E-state index is 12.0. The van der Waals surface area contributed by atoms with E-state index in [9.17, 15) is 4.79 Å². The van der Waals surface area contributed by atoms with Crippen LogP contribution in [0.3, 0.4) is 0 Å². The molecule has 3 N–H and O–H groups in total. The molecule has 1 saturated heterocycles. The maximum Gasteiger partial charge on any atom is 0.241 e.